The van der Waals surface area contributed by atoms with Crippen molar-refractivity contribution in [1.82, 2.24) is 10.3 Å². The fourth-order valence-electron chi connectivity index (χ4n) is 3.24. The van der Waals surface area contributed by atoms with Crippen molar-refractivity contribution >= 4 is 23.3 Å². The van der Waals surface area contributed by atoms with Crippen molar-refractivity contribution in [2.24, 2.45) is 0 Å². The van der Waals surface area contributed by atoms with Gasteiger partial charge in [-0.2, -0.15) is 0 Å². The number of rotatable bonds is 8. The molecule has 9 heteroatoms. The van der Waals surface area contributed by atoms with E-state index in [2.05, 4.69) is 10.3 Å². The van der Waals surface area contributed by atoms with Crippen LogP contribution in [0.3, 0.4) is 0 Å². The van der Waals surface area contributed by atoms with Crippen molar-refractivity contribution < 1.29 is 28.2 Å². The first-order valence-electron chi connectivity index (χ1n) is 10.1. The number of hydrogen-bond donors (Lipinski definition) is 1. The average molecular weight is 449 g/mol. The molecule has 2 aromatic carbocycles. The number of ketones is 1. The predicted octanol–water partition coefficient (Wildman–Crippen LogP) is 2.52. The van der Waals surface area contributed by atoms with Crippen LogP contribution in [0.1, 0.15) is 15.9 Å². The van der Waals surface area contributed by atoms with Crippen LogP contribution in [-0.4, -0.2) is 42.3 Å². The lowest BCUT2D eigenvalue weighted by atomic mass is 10.1. The maximum absolute atomic E-state index is 13.3. The summed E-state index contributed by atoms with van der Waals surface area (Å²) in [5.74, 6) is -0.989. The van der Waals surface area contributed by atoms with E-state index in [4.69, 9.17) is 9.47 Å². The molecule has 3 aromatic rings. The molecule has 2 heterocycles. The highest BCUT2D eigenvalue weighted by atomic mass is 19.1. The molecule has 0 saturated heterocycles. The summed E-state index contributed by atoms with van der Waals surface area (Å²) in [4.78, 5) is 42.7. The lowest BCUT2D eigenvalue weighted by Gasteiger charge is -2.29. The maximum Gasteiger partial charge on any atom is 0.265 e. The third-order valence-electron chi connectivity index (χ3n) is 4.93. The van der Waals surface area contributed by atoms with Gasteiger partial charge >= 0.3 is 0 Å². The fourth-order valence-corrected chi connectivity index (χ4v) is 3.24. The Morgan fingerprint density at radius 3 is 2.73 bits per heavy atom. The first kappa shape index (κ1) is 21.9. The largest absolute Gasteiger partial charge is 0.485 e. The zero-order valence-electron chi connectivity index (χ0n) is 17.5. The lowest BCUT2D eigenvalue weighted by molar-refractivity contribution is -0.125. The van der Waals surface area contributed by atoms with E-state index in [9.17, 15) is 18.8 Å². The standard InChI is InChI=1S/C24H20FN3O5/c25-18-2-1-3-19(11-18)32-14-21(29)17-4-5-22-20(10-17)28(24(31)15-33-22)13-23(30)27-12-16-6-8-26-9-7-16/h1-11H,12-15H2,(H,27,30). The quantitative estimate of drug-likeness (QED) is 0.531. The molecule has 0 aliphatic carbocycles. The van der Waals surface area contributed by atoms with E-state index in [-0.39, 0.29) is 42.8 Å². The van der Waals surface area contributed by atoms with Gasteiger partial charge in [-0.1, -0.05) is 6.07 Å². The number of ether oxygens (including phenoxy) is 2. The number of hydrogen-bond acceptors (Lipinski definition) is 6. The molecule has 1 N–H and O–H groups in total. The van der Waals surface area contributed by atoms with Crippen molar-refractivity contribution in [3.8, 4) is 11.5 Å². The van der Waals surface area contributed by atoms with Crippen LogP contribution in [0.25, 0.3) is 0 Å². The maximum atomic E-state index is 13.3. The second-order valence-electron chi connectivity index (χ2n) is 7.25. The van der Waals surface area contributed by atoms with Crippen LogP contribution in [0.5, 0.6) is 11.5 Å². The number of nitrogens with one attached hydrogen (secondary N) is 1. The molecular weight excluding hydrogens is 429 g/mol. The minimum Gasteiger partial charge on any atom is -0.485 e. The second kappa shape index (κ2) is 9.90. The lowest BCUT2D eigenvalue weighted by Crippen LogP contribution is -2.45. The summed E-state index contributed by atoms with van der Waals surface area (Å²) < 4.78 is 24.1. The molecule has 4 rings (SSSR count). The second-order valence-corrected chi connectivity index (χ2v) is 7.25. The molecule has 0 fully saturated rings. The van der Waals surface area contributed by atoms with E-state index in [1.807, 2.05) is 0 Å². The molecule has 0 spiro atoms. The van der Waals surface area contributed by atoms with E-state index < -0.39 is 11.7 Å². The van der Waals surface area contributed by atoms with E-state index in [1.54, 1.807) is 42.7 Å². The van der Waals surface area contributed by atoms with Crippen molar-refractivity contribution in [2.75, 3.05) is 24.7 Å². The topological polar surface area (TPSA) is 97.8 Å². The van der Waals surface area contributed by atoms with Crippen molar-refractivity contribution in [2.45, 2.75) is 6.54 Å². The van der Waals surface area contributed by atoms with Crippen molar-refractivity contribution in [3.63, 3.8) is 0 Å². The highest BCUT2D eigenvalue weighted by molar-refractivity contribution is 6.04. The molecule has 0 saturated carbocycles. The minimum absolute atomic E-state index is 0.208. The summed E-state index contributed by atoms with van der Waals surface area (Å²) in [6.45, 7) is -0.454. The molecule has 168 valence electrons. The Labute approximate surface area is 189 Å². The zero-order valence-corrected chi connectivity index (χ0v) is 17.5. The van der Waals surface area contributed by atoms with Crippen LogP contribution >= 0.6 is 0 Å². The Bertz CT molecular complexity index is 1190. The molecule has 8 nitrogen and oxygen atoms in total. The molecule has 0 bridgehead atoms. The Morgan fingerprint density at radius 2 is 1.94 bits per heavy atom. The SMILES string of the molecule is O=C(CN1C(=O)COc2ccc(C(=O)COc3cccc(F)c3)cc21)NCc1ccncc1. The van der Waals surface area contributed by atoms with Gasteiger partial charge in [0.1, 0.15) is 23.9 Å². The van der Waals surface area contributed by atoms with Crippen LogP contribution in [0.4, 0.5) is 10.1 Å². The number of aromatic nitrogens is 1. The summed E-state index contributed by atoms with van der Waals surface area (Å²) in [6.07, 6.45) is 3.25. The highest BCUT2D eigenvalue weighted by Gasteiger charge is 2.28. The summed E-state index contributed by atoms with van der Waals surface area (Å²) in [6, 6.07) is 13.6. The molecule has 0 radical (unpaired) electrons. The van der Waals surface area contributed by atoms with Crippen molar-refractivity contribution in [3.05, 3.63) is 83.9 Å². The number of halogens is 1. The van der Waals surface area contributed by atoms with E-state index >= 15 is 0 Å². The fraction of sp³-hybridized carbons (Fsp3) is 0.167. The third-order valence-corrected chi connectivity index (χ3v) is 4.93. The van der Waals surface area contributed by atoms with Gasteiger partial charge in [0.15, 0.2) is 19.0 Å². The Hall–Kier alpha value is -4.27. The van der Waals surface area contributed by atoms with Crippen molar-refractivity contribution in [1.29, 1.82) is 0 Å². The summed E-state index contributed by atoms with van der Waals surface area (Å²) in [5.41, 5.74) is 1.46. The number of nitrogens with zero attached hydrogens (tertiary/aromatic N) is 2. The van der Waals surface area contributed by atoms with Gasteiger partial charge in [0.25, 0.3) is 5.91 Å². The number of carbonyl (C=O) groups is 3. The Morgan fingerprint density at radius 1 is 1.12 bits per heavy atom. The number of amides is 2. The highest BCUT2D eigenvalue weighted by Crippen LogP contribution is 2.33. The zero-order chi connectivity index (χ0) is 23.2. The van der Waals surface area contributed by atoms with Gasteiger partial charge < -0.3 is 14.8 Å². The Balaban J connectivity index is 1.44. The monoisotopic (exact) mass is 449 g/mol. The predicted molar refractivity (Wildman–Crippen MR) is 117 cm³/mol. The van der Waals surface area contributed by atoms with Crippen LogP contribution in [0, 0.1) is 5.82 Å². The molecule has 1 aliphatic heterocycles. The minimum atomic E-state index is -0.470. The number of fused-ring (bicyclic) bond motifs is 1. The van der Waals surface area contributed by atoms with Crippen LogP contribution in [-0.2, 0) is 16.1 Å². The smallest absolute Gasteiger partial charge is 0.265 e. The molecular formula is C24H20FN3O5. The molecule has 1 aromatic heterocycles. The number of benzene rings is 2. The average Bonchev–Trinajstić information content (AvgIpc) is 2.83. The van der Waals surface area contributed by atoms with Gasteiger partial charge in [-0.05, 0) is 48.0 Å². The molecule has 33 heavy (non-hydrogen) atoms. The van der Waals surface area contributed by atoms with Crippen LogP contribution in [0.2, 0.25) is 0 Å². The molecule has 2 amide bonds. The summed E-state index contributed by atoms with van der Waals surface area (Å²) >= 11 is 0. The number of Topliss-reactive ketones (excluding diaryl/α,β-unsaturated/α-hetero) is 1. The Kier molecular flexibility index (Phi) is 6.58. The first-order valence-corrected chi connectivity index (χ1v) is 10.1. The van der Waals surface area contributed by atoms with Gasteiger partial charge in [-0.25, -0.2) is 4.39 Å². The third kappa shape index (κ3) is 5.51. The summed E-state index contributed by atoms with van der Waals surface area (Å²) in [5, 5.41) is 2.76. The summed E-state index contributed by atoms with van der Waals surface area (Å²) in [7, 11) is 0. The van der Waals surface area contributed by atoms with E-state index in [0.717, 1.165) is 5.56 Å². The number of carbonyl (C=O) groups excluding carboxylic acids is 3. The van der Waals surface area contributed by atoms with Gasteiger partial charge in [0.2, 0.25) is 5.91 Å². The molecule has 1 aliphatic rings. The van der Waals surface area contributed by atoms with Crippen LogP contribution < -0.4 is 19.7 Å². The van der Waals surface area contributed by atoms with Gasteiger partial charge in [0, 0.05) is 30.6 Å². The molecule has 0 unspecified atom stereocenters. The van der Waals surface area contributed by atoms with E-state index in [1.165, 1.54) is 29.2 Å². The first-order chi connectivity index (χ1) is 16.0. The van der Waals surface area contributed by atoms with Gasteiger partial charge in [0.05, 0.1) is 5.69 Å². The molecule has 0 atom stereocenters. The van der Waals surface area contributed by atoms with Crippen LogP contribution in [0.15, 0.2) is 67.0 Å². The van der Waals surface area contributed by atoms with Gasteiger partial charge in [-0.3, -0.25) is 24.3 Å². The van der Waals surface area contributed by atoms with E-state index in [0.29, 0.717) is 18.0 Å². The number of anilines is 1. The number of pyridine rings is 1. The normalized spacial score (nSPS) is 12.5. The van der Waals surface area contributed by atoms with Gasteiger partial charge in [-0.15, -0.1) is 0 Å².